The van der Waals surface area contributed by atoms with Gasteiger partial charge in [0.25, 0.3) is 0 Å². The predicted molar refractivity (Wildman–Crippen MR) is 156 cm³/mol. The molecule has 4 aromatic rings. The molecule has 0 saturated carbocycles. The van der Waals surface area contributed by atoms with E-state index in [0.717, 1.165) is 6.08 Å². The fourth-order valence-corrected chi connectivity index (χ4v) is 6.14. The number of benzene rings is 3. The Balaban J connectivity index is 1.28. The van der Waals surface area contributed by atoms with E-state index < -0.39 is 50.4 Å². The van der Waals surface area contributed by atoms with Crippen molar-refractivity contribution in [3.8, 4) is 22.6 Å². The molecule has 3 aromatic carbocycles. The van der Waals surface area contributed by atoms with Crippen LogP contribution in [0.5, 0.6) is 11.5 Å². The summed E-state index contributed by atoms with van der Waals surface area (Å²) in [7, 11) is -4.01. The Bertz CT molecular complexity index is 1760. The summed E-state index contributed by atoms with van der Waals surface area (Å²) in [4.78, 5) is 8.44. The Kier molecular flexibility index (Phi) is 9.11. The van der Waals surface area contributed by atoms with Gasteiger partial charge in [0.1, 0.15) is 29.5 Å². The van der Waals surface area contributed by atoms with Gasteiger partial charge in [0.15, 0.2) is 23.3 Å². The molecule has 0 bridgehead atoms. The number of nitrogen functional groups attached to an aromatic ring is 1. The molecule has 1 fully saturated rings. The number of halogens is 5. The molecular weight excluding hydrogens is 605 g/mol. The zero-order valence-electron chi connectivity index (χ0n) is 23.0. The summed E-state index contributed by atoms with van der Waals surface area (Å²) in [5, 5.41) is 3.26. The Morgan fingerprint density at radius 2 is 1.55 bits per heavy atom. The molecule has 1 saturated heterocycles. The van der Waals surface area contributed by atoms with E-state index in [-0.39, 0.29) is 24.9 Å². The predicted octanol–water partition coefficient (Wildman–Crippen LogP) is 6.13. The van der Waals surface area contributed by atoms with Crippen LogP contribution >= 0.6 is 0 Å². The fraction of sp³-hybridized carbons (Fsp3) is 0.200. The first-order valence-corrected chi connectivity index (χ1v) is 15.0. The monoisotopic (exact) mass is 631 g/mol. The topological polar surface area (TPSA) is 110 Å². The van der Waals surface area contributed by atoms with E-state index in [1.165, 1.54) is 10.6 Å². The van der Waals surface area contributed by atoms with E-state index in [0.29, 0.717) is 47.4 Å². The molecule has 0 unspecified atom stereocenters. The highest BCUT2D eigenvalue weighted by Crippen LogP contribution is 2.34. The first-order valence-electron chi connectivity index (χ1n) is 13.4. The fourth-order valence-electron chi connectivity index (χ4n) is 4.77. The zero-order valence-corrected chi connectivity index (χ0v) is 23.8. The van der Waals surface area contributed by atoms with E-state index in [1.54, 1.807) is 24.3 Å². The molecule has 44 heavy (non-hydrogen) atoms. The number of hydrogen-bond donors (Lipinski definition) is 2. The summed E-state index contributed by atoms with van der Waals surface area (Å²) in [6.07, 6.45) is 3.79. The van der Waals surface area contributed by atoms with Crippen molar-refractivity contribution >= 4 is 27.7 Å². The van der Waals surface area contributed by atoms with Crippen LogP contribution in [0.1, 0.15) is 18.4 Å². The standard InChI is InChI=1S/C30H26F5N5O3S/c31-24-22(25(32)27(34)28(35)26(24)33)9-5-15-44(41,42)40-14-4-6-19(16-40)39-30-23(29(36)37-17-38-30)18-10-12-21(13-11-18)43-20-7-2-1-3-8-20/h1-3,5,7-13,17,19H,4,6,14-16H2,(H3,36,37,38,39)/t19-/m1/s1. The van der Waals surface area contributed by atoms with Crippen molar-refractivity contribution in [3.05, 3.63) is 102 Å². The molecule has 230 valence electrons. The summed E-state index contributed by atoms with van der Waals surface area (Å²) >= 11 is 0. The zero-order chi connectivity index (χ0) is 31.4. The van der Waals surface area contributed by atoms with E-state index in [2.05, 4.69) is 15.3 Å². The molecule has 2 heterocycles. The SMILES string of the molecule is Nc1ncnc(N[C@@H]2CCCN(S(=O)(=O)CC=Cc3c(F)c(F)c(F)c(F)c3F)C2)c1-c1ccc(Oc2ccccc2)cc1. The molecule has 5 rings (SSSR count). The lowest BCUT2D eigenvalue weighted by Gasteiger charge is -2.32. The third-order valence-electron chi connectivity index (χ3n) is 6.95. The first kappa shape index (κ1) is 30.9. The lowest BCUT2D eigenvalue weighted by molar-refractivity contribution is 0.328. The summed E-state index contributed by atoms with van der Waals surface area (Å²) in [6.45, 7) is 0.213. The second-order valence-electron chi connectivity index (χ2n) is 9.93. The van der Waals surface area contributed by atoms with Crippen LogP contribution in [0.2, 0.25) is 0 Å². The molecule has 1 aromatic heterocycles. The lowest BCUT2D eigenvalue weighted by Crippen LogP contribution is -2.45. The Morgan fingerprint density at radius 3 is 2.23 bits per heavy atom. The van der Waals surface area contributed by atoms with Crippen LogP contribution < -0.4 is 15.8 Å². The van der Waals surface area contributed by atoms with Gasteiger partial charge >= 0.3 is 0 Å². The smallest absolute Gasteiger partial charge is 0.217 e. The summed E-state index contributed by atoms with van der Waals surface area (Å²) in [5.41, 5.74) is 6.21. The number of sulfonamides is 1. The Labute approximate surface area is 250 Å². The van der Waals surface area contributed by atoms with E-state index >= 15 is 0 Å². The van der Waals surface area contributed by atoms with E-state index in [1.807, 2.05) is 30.3 Å². The van der Waals surface area contributed by atoms with Crippen LogP contribution in [0.4, 0.5) is 33.6 Å². The highest BCUT2D eigenvalue weighted by Gasteiger charge is 2.30. The third kappa shape index (κ3) is 6.65. The normalized spacial score (nSPS) is 15.9. The average Bonchev–Trinajstić information content (AvgIpc) is 3.02. The van der Waals surface area contributed by atoms with Crippen LogP contribution in [-0.2, 0) is 10.0 Å². The van der Waals surface area contributed by atoms with Gasteiger partial charge in [-0.3, -0.25) is 0 Å². The highest BCUT2D eigenvalue weighted by atomic mass is 32.2. The van der Waals surface area contributed by atoms with Crippen molar-refractivity contribution in [1.29, 1.82) is 0 Å². The number of anilines is 2. The number of piperidine rings is 1. The van der Waals surface area contributed by atoms with Gasteiger partial charge in [-0.1, -0.05) is 42.5 Å². The minimum atomic E-state index is -4.01. The van der Waals surface area contributed by atoms with Crippen molar-refractivity contribution < 1.29 is 35.1 Å². The van der Waals surface area contributed by atoms with Gasteiger partial charge in [0, 0.05) is 19.1 Å². The molecule has 3 N–H and O–H groups in total. The first-order chi connectivity index (χ1) is 21.0. The van der Waals surface area contributed by atoms with Gasteiger partial charge in [-0.2, -0.15) is 4.31 Å². The van der Waals surface area contributed by atoms with Gasteiger partial charge in [-0.25, -0.2) is 40.3 Å². The van der Waals surface area contributed by atoms with Crippen LogP contribution in [0, 0.1) is 29.1 Å². The number of nitrogens with two attached hydrogens (primary N) is 1. The number of ether oxygens (including phenoxy) is 1. The summed E-state index contributed by atoms with van der Waals surface area (Å²) in [6, 6.07) is 16.0. The second-order valence-corrected chi connectivity index (χ2v) is 11.9. The number of hydrogen-bond acceptors (Lipinski definition) is 7. The molecule has 0 aliphatic carbocycles. The number of nitrogens with one attached hydrogen (secondary N) is 1. The number of nitrogens with zero attached hydrogens (tertiary/aromatic N) is 3. The molecule has 0 radical (unpaired) electrons. The minimum Gasteiger partial charge on any atom is -0.457 e. The molecule has 1 aliphatic rings. The Morgan fingerprint density at radius 1 is 0.909 bits per heavy atom. The quantitative estimate of drug-likeness (QED) is 0.130. The van der Waals surface area contributed by atoms with Crippen LogP contribution in [0.3, 0.4) is 0 Å². The number of para-hydroxylation sites is 1. The number of rotatable bonds is 9. The van der Waals surface area contributed by atoms with Gasteiger partial charge in [0.2, 0.25) is 15.8 Å². The van der Waals surface area contributed by atoms with Crippen molar-refractivity contribution in [3.63, 3.8) is 0 Å². The van der Waals surface area contributed by atoms with Gasteiger partial charge < -0.3 is 15.8 Å². The third-order valence-corrected chi connectivity index (χ3v) is 8.68. The molecule has 0 amide bonds. The van der Waals surface area contributed by atoms with Gasteiger partial charge in [-0.05, 0) is 42.7 Å². The molecule has 1 atom stereocenters. The highest BCUT2D eigenvalue weighted by molar-refractivity contribution is 7.89. The lowest BCUT2D eigenvalue weighted by atomic mass is 10.0. The van der Waals surface area contributed by atoms with Crippen LogP contribution in [0.15, 0.2) is 67.0 Å². The second kappa shape index (κ2) is 13.0. The largest absolute Gasteiger partial charge is 0.457 e. The van der Waals surface area contributed by atoms with Gasteiger partial charge in [0.05, 0.1) is 16.9 Å². The maximum absolute atomic E-state index is 14.0. The summed E-state index contributed by atoms with van der Waals surface area (Å²) in [5.74, 6) is -9.45. The van der Waals surface area contributed by atoms with Crippen molar-refractivity contribution in [2.24, 2.45) is 0 Å². The van der Waals surface area contributed by atoms with Crippen LogP contribution in [-0.4, -0.2) is 47.6 Å². The molecule has 0 spiro atoms. The van der Waals surface area contributed by atoms with E-state index in [4.69, 9.17) is 10.5 Å². The average molecular weight is 632 g/mol. The van der Waals surface area contributed by atoms with E-state index in [9.17, 15) is 30.4 Å². The maximum Gasteiger partial charge on any atom is 0.217 e. The molecule has 8 nitrogen and oxygen atoms in total. The van der Waals surface area contributed by atoms with Crippen molar-refractivity contribution in [1.82, 2.24) is 14.3 Å². The molecule has 14 heteroatoms. The number of aromatic nitrogens is 2. The van der Waals surface area contributed by atoms with Crippen LogP contribution in [0.25, 0.3) is 17.2 Å². The molecule has 1 aliphatic heterocycles. The summed E-state index contributed by atoms with van der Waals surface area (Å²) < 4.78 is 101. The minimum absolute atomic E-state index is 0.0336. The van der Waals surface area contributed by atoms with Crippen molar-refractivity contribution in [2.75, 3.05) is 29.9 Å². The van der Waals surface area contributed by atoms with Crippen molar-refractivity contribution in [2.45, 2.75) is 18.9 Å². The molecular formula is C30H26F5N5O3S. The van der Waals surface area contributed by atoms with Gasteiger partial charge in [-0.15, -0.1) is 0 Å². The Hall–Kier alpha value is -4.56. The maximum atomic E-state index is 14.0.